The predicted octanol–water partition coefficient (Wildman–Crippen LogP) is 4.01. The summed E-state index contributed by atoms with van der Waals surface area (Å²) >= 11 is 0. The summed E-state index contributed by atoms with van der Waals surface area (Å²) in [5.41, 5.74) is 4.51. The second kappa shape index (κ2) is 5.73. The second-order valence-corrected chi connectivity index (χ2v) is 6.13. The molecule has 0 saturated heterocycles. The van der Waals surface area contributed by atoms with E-state index in [0.717, 1.165) is 18.2 Å². The van der Waals surface area contributed by atoms with Crippen molar-refractivity contribution in [3.05, 3.63) is 47.8 Å². The Morgan fingerprint density at radius 2 is 1.67 bits per heavy atom. The Kier molecular flexibility index (Phi) is 3.99. The molecule has 0 aliphatic heterocycles. The molecule has 1 aromatic heterocycles. The molecular weight excluding hydrogens is 324 g/mol. The topological polar surface area (TPSA) is 59.1 Å². The monoisotopic (exact) mass is 340 g/mol. The molecule has 0 radical (unpaired) electrons. The number of nitrogen functional groups attached to an aromatic ring is 1. The van der Waals surface area contributed by atoms with Gasteiger partial charge in [-0.25, -0.2) is 17.6 Å². The lowest BCUT2D eigenvalue weighted by Crippen LogP contribution is -2.37. The SMILES string of the molecule is Nc1c(-c2cc(F)ccc2F)ccnc1C1(O)CCC(F)(F)CC1. The molecule has 1 aromatic carbocycles. The number of hydrogen-bond donors (Lipinski definition) is 2. The van der Waals surface area contributed by atoms with Gasteiger partial charge in [-0.15, -0.1) is 0 Å². The number of rotatable bonds is 2. The van der Waals surface area contributed by atoms with Crippen molar-refractivity contribution in [1.82, 2.24) is 4.98 Å². The molecule has 3 rings (SSSR count). The third-order valence-corrected chi connectivity index (χ3v) is 4.46. The average Bonchev–Trinajstić information content (AvgIpc) is 2.53. The van der Waals surface area contributed by atoms with Crippen LogP contribution in [0.15, 0.2) is 30.5 Å². The van der Waals surface area contributed by atoms with Crippen molar-refractivity contribution in [2.75, 3.05) is 5.73 Å². The summed E-state index contributed by atoms with van der Waals surface area (Å²) in [4.78, 5) is 4.02. The summed E-state index contributed by atoms with van der Waals surface area (Å²) < 4.78 is 54.1. The highest BCUT2D eigenvalue weighted by molar-refractivity contribution is 5.78. The number of alkyl halides is 2. The predicted molar refractivity (Wildman–Crippen MR) is 81.3 cm³/mol. The van der Waals surface area contributed by atoms with Crippen LogP contribution in [0.5, 0.6) is 0 Å². The van der Waals surface area contributed by atoms with E-state index in [2.05, 4.69) is 4.98 Å². The minimum atomic E-state index is -2.83. The highest BCUT2D eigenvalue weighted by Crippen LogP contribution is 2.46. The van der Waals surface area contributed by atoms with E-state index in [9.17, 15) is 22.7 Å². The maximum Gasteiger partial charge on any atom is 0.248 e. The van der Waals surface area contributed by atoms with Crippen LogP contribution in [-0.2, 0) is 5.60 Å². The van der Waals surface area contributed by atoms with E-state index in [-0.39, 0.29) is 35.3 Å². The molecule has 2 aromatic rings. The molecule has 128 valence electrons. The van der Waals surface area contributed by atoms with Gasteiger partial charge in [0.05, 0.1) is 11.4 Å². The average molecular weight is 340 g/mol. The number of benzene rings is 1. The third kappa shape index (κ3) is 2.96. The number of hydrogen-bond acceptors (Lipinski definition) is 3. The van der Waals surface area contributed by atoms with E-state index >= 15 is 0 Å². The largest absolute Gasteiger partial charge is 0.397 e. The number of aliphatic hydroxyl groups is 1. The lowest BCUT2D eigenvalue weighted by molar-refractivity contribution is -0.108. The molecule has 1 fully saturated rings. The van der Waals surface area contributed by atoms with E-state index in [0.29, 0.717) is 0 Å². The van der Waals surface area contributed by atoms with Crippen molar-refractivity contribution in [2.24, 2.45) is 0 Å². The van der Waals surface area contributed by atoms with Crippen LogP contribution in [0.1, 0.15) is 31.4 Å². The Morgan fingerprint density at radius 1 is 1.00 bits per heavy atom. The Morgan fingerprint density at radius 3 is 2.33 bits per heavy atom. The van der Waals surface area contributed by atoms with Crippen molar-refractivity contribution >= 4 is 5.69 Å². The first-order valence-electron chi connectivity index (χ1n) is 7.52. The van der Waals surface area contributed by atoms with Crippen molar-refractivity contribution in [2.45, 2.75) is 37.2 Å². The zero-order valence-corrected chi connectivity index (χ0v) is 12.7. The lowest BCUT2D eigenvalue weighted by Gasteiger charge is -2.36. The van der Waals surface area contributed by atoms with Crippen LogP contribution >= 0.6 is 0 Å². The molecule has 3 N–H and O–H groups in total. The first kappa shape index (κ1) is 16.7. The molecule has 3 nitrogen and oxygen atoms in total. The highest BCUT2D eigenvalue weighted by Gasteiger charge is 2.45. The van der Waals surface area contributed by atoms with E-state index in [1.165, 1.54) is 12.3 Å². The Hall–Kier alpha value is -2.15. The molecule has 0 unspecified atom stereocenters. The summed E-state index contributed by atoms with van der Waals surface area (Å²) in [7, 11) is 0. The first-order chi connectivity index (χ1) is 11.2. The van der Waals surface area contributed by atoms with Crippen LogP contribution in [0.4, 0.5) is 23.2 Å². The van der Waals surface area contributed by atoms with Crippen LogP contribution in [0.25, 0.3) is 11.1 Å². The molecule has 7 heteroatoms. The molecular formula is C17H16F4N2O. The first-order valence-corrected chi connectivity index (χ1v) is 7.52. The van der Waals surface area contributed by atoms with Crippen LogP contribution in [0, 0.1) is 11.6 Å². The Balaban J connectivity index is 2.05. The quantitative estimate of drug-likeness (QED) is 0.812. The molecule has 1 heterocycles. The van der Waals surface area contributed by atoms with E-state index < -0.39 is 36.0 Å². The minimum absolute atomic E-state index is 0.0270. The standard InChI is InChI=1S/C17H16F4N2O/c18-10-1-2-13(19)12(9-10)11-3-8-23-15(14(11)22)16(24)4-6-17(20,21)7-5-16/h1-3,8-9,24H,4-7,22H2. The van der Waals surface area contributed by atoms with E-state index in [1.54, 1.807) is 0 Å². The van der Waals surface area contributed by atoms with E-state index in [4.69, 9.17) is 5.73 Å². The van der Waals surface area contributed by atoms with Crippen LogP contribution in [-0.4, -0.2) is 16.0 Å². The summed E-state index contributed by atoms with van der Waals surface area (Å²) in [6.45, 7) is 0. The molecule has 1 aliphatic carbocycles. The normalized spacial score (nSPS) is 19.2. The zero-order chi connectivity index (χ0) is 17.5. The molecule has 1 saturated carbocycles. The summed E-state index contributed by atoms with van der Waals surface area (Å²) in [6.07, 6.45) is -0.0684. The van der Waals surface area contributed by atoms with Gasteiger partial charge in [-0.1, -0.05) is 0 Å². The summed E-state index contributed by atoms with van der Waals surface area (Å²) in [5, 5.41) is 10.7. The van der Waals surface area contributed by atoms with Crippen molar-refractivity contribution in [3.63, 3.8) is 0 Å². The van der Waals surface area contributed by atoms with Gasteiger partial charge in [0.25, 0.3) is 0 Å². The van der Waals surface area contributed by atoms with Gasteiger partial charge in [-0.3, -0.25) is 4.98 Å². The van der Waals surface area contributed by atoms with Gasteiger partial charge in [0, 0.05) is 30.2 Å². The molecule has 0 bridgehead atoms. The van der Waals surface area contributed by atoms with Crippen LogP contribution in [0.3, 0.4) is 0 Å². The van der Waals surface area contributed by atoms with Gasteiger partial charge >= 0.3 is 0 Å². The van der Waals surface area contributed by atoms with Gasteiger partial charge in [-0.05, 0) is 37.1 Å². The van der Waals surface area contributed by atoms with Gasteiger partial charge in [0.1, 0.15) is 17.2 Å². The Bertz CT molecular complexity index is 769. The minimum Gasteiger partial charge on any atom is -0.397 e. The van der Waals surface area contributed by atoms with Crippen molar-refractivity contribution in [1.29, 1.82) is 0 Å². The fraction of sp³-hybridized carbons (Fsp3) is 0.353. The van der Waals surface area contributed by atoms with Gasteiger partial charge in [-0.2, -0.15) is 0 Å². The zero-order valence-electron chi connectivity index (χ0n) is 12.7. The number of halogens is 4. The number of nitrogens with two attached hydrogens (primary N) is 1. The van der Waals surface area contributed by atoms with Crippen LogP contribution < -0.4 is 5.73 Å². The maximum atomic E-state index is 14.0. The van der Waals surface area contributed by atoms with Crippen LogP contribution in [0.2, 0.25) is 0 Å². The van der Waals surface area contributed by atoms with Gasteiger partial charge in [0.2, 0.25) is 5.92 Å². The Labute approximate surface area is 136 Å². The highest BCUT2D eigenvalue weighted by atomic mass is 19.3. The number of aromatic nitrogens is 1. The molecule has 0 atom stereocenters. The van der Waals surface area contributed by atoms with Gasteiger partial charge < -0.3 is 10.8 Å². The van der Waals surface area contributed by atoms with Gasteiger partial charge in [0.15, 0.2) is 0 Å². The number of nitrogens with zero attached hydrogens (tertiary/aromatic N) is 1. The second-order valence-electron chi connectivity index (χ2n) is 6.13. The molecule has 24 heavy (non-hydrogen) atoms. The summed E-state index contributed by atoms with van der Waals surface area (Å²) in [6, 6.07) is 4.34. The number of anilines is 1. The molecule has 0 spiro atoms. The lowest BCUT2D eigenvalue weighted by atomic mass is 9.79. The molecule has 0 amide bonds. The fourth-order valence-electron chi connectivity index (χ4n) is 3.05. The summed E-state index contributed by atoms with van der Waals surface area (Å²) in [5.74, 6) is -4.14. The van der Waals surface area contributed by atoms with E-state index in [1.807, 2.05) is 0 Å². The van der Waals surface area contributed by atoms with Crippen molar-refractivity contribution in [3.8, 4) is 11.1 Å². The smallest absolute Gasteiger partial charge is 0.248 e. The maximum absolute atomic E-state index is 14.0. The number of pyridine rings is 1. The molecule has 1 aliphatic rings. The fourth-order valence-corrected chi connectivity index (χ4v) is 3.05. The third-order valence-electron chi connectivity index (χ3n) is 4.46. The van der Waals surface area contributed by atoms with Crippen molar-refractivity contribution < 1.29 is 22.7 Å².